The van der Waals surface area contributed by atoms with E-state index in [0.717, 1.165) is 27.6 Å². The molecule has 5 rings (SSSR count). The molecule has 0 saturated carbocycles. The van der Waals surface area contributed by atoms with Gasteiger partial charge in [0, 0.05) is 50.1 Å². The van der Waals surface area contributed by atoms with Gasteiger partial charge in [0.15, 0.2) is 0 Å². The molecule has 3 aromatic carbocycles. The summed E-state index contributed by atoms with van der Waals surface area (Å²) in [5.74, 6) is -1.47. The summed E-state index contributed by atoms with van der Waals surface area (Å²) in [6.45, 7) is 4.25. The summed E-state index contributed by atoms with van der Waals surface area (Å²) in [5, 5.41) is 24.5. The molecule has 12 nitrogen and oxygen atoms in total. The molecule has 2 heterocycles. The van der Waals surface area contributed by atoms with Gasteiger partial charge in [-0.3, -0.25) is 24.4 Å². The number of carbonyl (C=O) groups excluding carboxylic acids is 4. The summed E-state index contributed by atoms with van der Waals surface area (Å²) >= 11 is 0. The van der Waals surface area contributed by atoms with Crippen molar-refractivity contribution >= 4 is 34.6 Å². The minimum absolute atomic E-state index is 0.00312. The summed E-state index contributed by atoms with van der Waals surface area (Å²) in [5.41, 5.74) is 3.12. The molecule has 1 unspecified atom stereocenters. The van der Waals surface area contributed by atoms with Crippen molar-refractivity contribution in [1.82, 2.24) is 31.2 Å². The van der Waals surface area contributed by atoms with Crippen molar-refractivity contribution in [3.05, 3.63) is 144 Å². The molecule has 0 spiro atoms. The van der Waals surface area contributed by atoms with E-state index in [-0.39, 0.29) is 37.7 Å². The molecule has 0 bridgehead atoms. The Labute approximate surface area is 327 Å². The summed E-state index contributed by atoms with van der Waals surface area (Å²) in [7, 11) is 0. The predicted molar refractivity (Wildman–Crippen MR) is 214 cm³/mol. The molecule has 5 aromatic rings. The Kier molecular flexibility index (Phi) is 15.4. The first-order chi connectivity index (χ1) is 27.1. The average molecular weight is 759 g/mol. The molecule has 12 heteroatoms. The number of hydrogen-bond acceptors (Lipinski definition) is 8. The highest BCUT2D eigenvalue weighted by Crippen LogP contribution is 2.20. The van der Waals surface area contributed by atoms with E-state index in [1.807, 2.05) is 105 Å². The van der Waals surface area contributed by atoms with Crippen molar-refractivity contribution in [2.24, 2.45) is 5.92 Å². The second kappa shape index (κ2) is 21.1. The van der Waals surface area contributed by atoms with Crippen molar-refractivity contribution < 1.29 is 29.0 Å². The molecular formula is C44H50N6O6. The lowest BCUT2D eigenvalue weighted by Gasteiger charge is -2.29. The van der Waals surface area contributed by atoms with Crippen LogP contribution in [0, 0.1) is 5.92 Å². The third-order valence-corrected chi connectivity index (χ3v) is 9.26. The smallest absolute Gasteiger partial charge is 0.408 e. The number of carbonyl (C=O) groups is 4. The molecule has 0 aliphatic rings. The van der Waals surface area contributed by atoms with Crippen molar-refractivity contribution in [2.75, 3.05) is 6.54 Å². The standard InChI is InChI=1S/C44H50N6O6/c1-30(2)24-37(40(51)27-41(52)47-23-20-35-18-8-9-22-46-35)48-42(53)38(25-32-14-11-21-45-28-32)49-43(54)39(50-44(55)56-29-31-12-4-3-5-13-31)26-34-17-10-16-33-15-6-7-19-36(33)34/h3-19,21-22,28,30,37-40,51H,20,23-27,29H2,1-2H3,(H,47,52)(H,48,53)(H,49,54)(H,50,55)/t37-,38?,39-,40-/m0/s1. The summed E-state index contributed by atoms with van der Waals surface area (Å²) < 4.78 is 5.50. The molecule has 4 atom stereocenters. The Hall–Kier alpha value is -6.14. The van der Waals surface area contributed by atoms with E-state index >= 15 is 0 Å². The first-order valence-corrected chi connectivity index (χ1v) is 18.9. The van der Waals surface area contributed by atoms with E-state index in [1.165, 1.54) is 0 Å². The van der Waals surface area contributed by atoms with Crippen molar-refractivity contribution in [3.63, 3.8) is 0 Å². The lowest BCUT2D eigenvalue weighted by Crippen LogP contribution is -2.57. The zero-order valence-corrected chi connectivity index (χ0v) is 31.8. The Morgan fingerprint density at radius 3 is 2.20 bits per heavy atom. The SMILES string of the molecule is CC(C)C[C@H](NC(=O)C(Cc1cccnc1)NC(=O)[C@H](Cc1cccc2ccccc12)NC(=O)OCc1ccccc1)[C@@H](O)CC(=O)NCCc1ccccn1. The van der Waals surface area contributed by atoms with Crippen LogP contribution in [0.2, 0.25) is 0 Å². The average Bonchev–Trinajstić information content (AvgIpc) is 3.20. The number of nitrogens with one attached hydrogen (secondary N) is 4. The van der Waals surface area contributed by atoms with Crippen molar-refractivity contribution in [1.29, 1.82) is 0 Å². The number of alkyl carbamates (subject to hydrolysis) is 1. The molecule has 0 radical (unpaired) electrons. The van der Waals surface area contributed by atoms with E-state index in [2.05, 4.69) is 31.2 Å². The van der Waals surface area contributed by atoms with Gasteiger partial charge in [0.05, 0.1) is 18.6 Å². The first kappa shape index (κ1) is 41.0. The summed E-state index contributed by atoms with van der Waals surface area (Å²) in [6.07, 6.45) is 3.77. The molecule has 292 valence electrons. The van der Waals surface area contributed by atoms with E-state index < -0.39 is 42.1 Å². The molecule has 0 aliphatic heterocycles. The Morgan fingerprint density at radius 2 is 1.45 bits per heavy atom. The summed E-state index contributed by atoms with van der Waals surface area (Å²) in [6, 6.07) is 28.7. The van der Waals surface area contributed by atoms with E-state index in [4.69, 9.17) is 4.74 Å². The van der Waals surface area contributed by atoms with E-state index in [0.29, 0.717) is 24.9 Å². The number of fused-ring (bicyclic) bond motifs is 1. The number of hydrogen-bond donors (Lipinski definition) is 5. The molecular weight excluding hydrogens is 709 g/mol. The van der Waals surface area contributed by atoms with Gasteiger partial charge in [-0.25, -0.2) is 4.79 Å². The highest BCUT2D eigenvalue weighted by atomic mass is 16.5. The van der Waals surface area contributed by atoms with Gasteiger partial charge >= 0.3 is 6.09 Å². The van der Waals surface area contributed by atoms with Crippen LogP contribution < -0.4 is 21.3 Å². The fourth-order valence-electron chi connectivity index (χ4n) is 6.43. The van der Waals surface area contributed by atoms with Crippen LogP contribution >= 0.6 is 0 Å². The number of pyridine rings is 2. The van der Waals surface area contributed by atoms with Crippen LogP contribution in [0.5, 0.6) is 0 Å². The van der Waals surface area contributed by atoms with Crippen LogP contribution in [-0.4, -0.2) is 69.7 Å². The molecule has 56 heavy (non-hydrogen) atoms. The van der Waals surface area contributed by atoms with Crippen molar-refractivity contribution in [2.45, 2.75) is 76.8 Å². The van der Waals surface area contributed by atoms with Crippen LogP contribution in [-0.2, 0) is 45.0 Å². The fourth-order valence-corrected chi connectivity index (χ4v) is 6.43. The number of ether oxygens (including phenoxy) is 1. The largest absolute Gasteiger partial charge is 0.445 e. The minimum Gasteiger partial charge on any atom is -0.445 e. The van der Waals surface area contributed by atoms with Gasteiger partial charge in [-0.15, -0.1) is 0 Å². The zero-order valence-electron chi connectivity index (χ0n) is 31.8. The van der Waals surface area contributed by atoms with Gasteiger partial charge < -0.3 is 31.1 Å². The topological polar surface area (TPSA) is 172 Å². The van der Waals surface area contributed by atoms with Gasteiger partial charge in [-0.1, -0.05) is 98.8 Å². The Bertz CT molecular complexity index is 2010. The second-order valence-corrected chi connectivity index (χ2v) is 14.2. The monoisotopic (exact) mass is 758 g/mol. The molecule has 0 fully saturated rings. The maximum absolute atomic E-state index is 14.3. The summed E-state index contributed by atoms with van der Waals surface area (Å²) in [4.78, 5) is 62.9. The number of amides is 4. The van der Waals surface area contributed by atoms with Crippen LogP contribution in [0.3, 0.4) is 0 Å². The van der Waals surface area contributed by atoms with Crippen LogP contribution in [0.25, 0.3) is 10.8 Å². The number of aliphatic hydroxyl groups is 1. The van der Waals surface area contributed by atoms with Gasteiger partial charge in [0.2, 0.25) is 17.7 Å². The van der Waals surface area contributed by atoms with Crippen LogP contribution in [0.1, 0.15) is 49.1 Å². The Morgan fingerprint density at radius 1 is 0.732 bits per heavy atom. The highest BCUT2D eigenvalue weighted by molar-refractivity contribution is 5.93. The third kappa shape index (κ3) is 13.0. The van der Waals surface area contributed by atoms with Crippen LogP contribution in [0.15, 0.2) is 122 Å². The number of rotatable bonds is 19. The molecule has 4 amide bonds. The van der Waals surface area contributed by atoms with Gasteiger partial charge in [0.1, 0.15) is 18.7 Å². The number of benzene rings is 3. The highest BCUT2D eigenvalue weighted by Gasteiger charge is 2.31. The maximum atomic E-state index is 14.3. The van der Waals surface area contributed by atoms with E-state index in [1.54, 1.807) is 30.7 Å². The first-order valence-electron chi connectivity index (χ1n) is 18.9. The fraction of sp³-hybridized carbons (Fsp3) is 0.318. The number of aromatic nitrogens is 2. The quantitative estimate of drug-likeness (QED) is 0.0797. The second-order valence-electron chi connectivity index (χ2n) is 14.2. The maximum Gasteiger partial charge on any atom is 0.408 e. The predicted octanol–water partition coefficient (Wildman–Crippen LogP) is 4.84. The lowest BCUT2D eigenvalue weighted by atomic mass is 9.96. The normalized spacial score (nSPS) is 13.2. The van der Waals surface area contributed by atoms with Crippen molar-refractivity contribution in [3.8, 4) is 0 Å². The molecule has 5 N–H and O–H groups in total. The third-order valence-electron chi connectivity index (χ3n) is 9.26. The van der Waals surface area contributed by atoms with Gasteiger partial charge in [-0.2, -0.15) is 0 Å². The molecule has 2 aromatic heterocycles. The number of nitrogens with zero attached hydrogens (tertiary/aromatic N) is 2. The van der Waals surface area contributed by atoms with Crippen LogP contribution in [0.4, 0.5) is 4.79 Å². The lowest BCUT2D eigenvalue weighted by molar-refractivity contribution is -0.131. The van der Waals surface area contributed by atoms with Gasteiger partial charge in [0.25, 0.3) is 0 Å². The molecule has 0 aliphatic carbocycles. The zero-order chi connectivity index (χ0) is 39.7. The minimum atomic E-state index is -1.20. The number of aliphatic hydroxyl groups excluding tert-OH is 1. The molecule has 0 saturated heterocycles. The van der Waals surface area contributed by atoms with E-state index in [9.17, 15) is 24.3 Å². The Balaban J connectivity index is 1.32. The van der Waals surface area contributed by atoms with Gasteiger partial charge in [-0.05, 0) is 58.0 Å².